The molecule has 19 heavy (non-hydrogen) atoms. The third-order valence-corrected chi connectivity index (χ3v) is 2.96. The highest BCUT2D eigenvalue weighted by atomic mass is 19.1. The number of rotatable bonds is 2. The van der Waals surface area contributed by atoms with E-state index < -0.39 is 23.7 Å². The molecule has 1 aromatic rings. The second kappa shape index (κ2) is 5.23. The maximum atomic E-state index is 13.1. The molecule has 7 heteroatoms. The average molecular weight is 267 g/mol. The highest BCUT2D eigenvalue weighted by Crippen LogP contribution is 2.17. The van der Waals surface area contributed by atoms with E-state index in [9.17, 15) is 14.0 Å². The van der Waals surface area contributed by atoms with Crippen molar-refractivity contribution in [1.82, 2.24) is 4.90 Å². The zero-order valence-electron chi connectivity index (χ0n) is 10.1. The fourth-order valence-electron chi connectivity index (χ4n) is 1.93. The molecule has 1 aliphatic rings. The summed E-state index contributed by atoms with van der Waals surface area (Å²) in [5, 5.41) is 0. The molecule has 0 spiro atoms. The van der Waals surface area contributed by atoms with Crippen LogP contribution in [0, 0.1) is 5.82 Å². The number of carbonyl (C=O) groups excluding carboxylic acids is 2. The minimum atomic E-state index is -0.812. The SMILES string of the molecule is NC(=O)C1COCCN1C(=O)c1ccc(F)c(N)c1. The Kier molecular flexibility index (Phi) is 3.66. The van der Waals surface area contributed by atoms with Crippen LogP contribution in [-0.4, -0.2) is 42.5 Å². The van der Waals surface area contributed by atoms with Crippen molar-refractivity contribution in [2.75, 3.05) is 25.5 Å². The fourth-order valence-corrected chi connectivity index (χ4v) is 1.93. The van der Waals surface area contributed by atoms with Crippen LogP contribution in [0.25, 0.3) is 0 Å². The Morgan fingerprint density at radius 3 is 2.79 bits per heavy atom. The van der Waals surface area contributed by atoms with E-state index in [2.05, 4.69) is 0 Å². The normalized spacial score (nSPS) is 19.2. The summed E-state index contributed by atoms with van der Waals surface area (Å²) in [6.07, 6.45) is 0. The van der Waals surface area contributed by atoms with Crippen LogP contribution in [0.2, 0.25) is 0 Å². The topological polar surface area (TPSA) is 98.7 Å². The van der Waals surface area contributed by atoms with Gasteiger partial charge >= 0.3 is 0 Å². The van der Waals surface area contributed by atoms with E-state index in [1.165, 1.54) is 17.0 Å². The van der Waals surface area contributed by atoms with E-state index in [0.29, 0.717) is 6.61 Å². The lowest BCUT2D eigenvalue weighted by Gasteiger charge is -2.33. The van der Waals surface area contributed by atoms with Gasteiger partial charge in [0.1, 0.15) is 11.9 Å². The molecule has 1 aliphatic heterocycles. The second-order valence-corrected chi connectivity index (χ2v) is 4.23. The third kappa shape index (κ3) is 2.65. The number of hydrogen-bond acceptors (Lipinski definition) is 4. The van der Waals surface area contributed by atoms with Gasteiger partial charge in [0, 0.05) is 12.1 Å². The lowest BCUT2D eigenvalue weighted by atomic mass is 10.1. The Bertz CT molecular complexity index is 521. The molecule has 1 saturated heterocycles. The number of nitrogen functional groups attached to an aromatic ring is 1. The quantitative estimate of drug-likeness (QED) is 0.721. The summed E-state index contributed by atoms with van der Waals surface area (Å²) in [6.45, 7) is 0.646. The summed E-state index contributed by atoms with van der Waals surface area (Å²) in [6, 6.07) is 2.86. The van der Waals surface area contributed by atoms with Crippen molar-refractivity contribution < 1.29 is 18.7 Å². The Labute approximate surface area is 109 Å². The summed E-state index contributed by atoms with van der Waals surface area (Å²) >= 11 is 0. The van der Waals surface area contributed by atoms with Gasteiger partial charge in [-0.25, -0.2) is 4.39 Å². The van der Waals surface area contributed by atoms with Crippen molar-refractivity contribution in [2.24, 2.45) is 5.73 Å². The maximum Gasteiger partial charge on any atom is 0.254 e. The smallest absolute Gasteiger partial charge is 0.254 e. The number of amides is 2. The van der Waals surface area contributed by atoms with Gasteiger partial charge in [0.2, 0.25) is 5.91 Å². The molecule has 6 nitrogen and oxygen atoms in total. The van der Waals surface area contributed by atoms with Crippen LogP contribution in [0.3, 0.4) is 0 Å². The van der Waals surface area contributed by atoms with Gasteiger partial charge in [-0.2, -0.15) is 0 Å². The van der Waals surface area contributed by atoms with Crippen molar-refractivity contribution in [2.45, 2.75) is 6.04 Å². The van der Waals surface area contributed by atoms with Crippen molar-refractivity contribution >= 4 is 17.5 Å². The van der Waals surface area contributed by atoms with Crippen molar-refractivity contribution in [3.05, 3.63) is 29.6 Å². The van der Waals surface area contributed by atoms with E-state index in [4.69, 9.17) is 16.2 Å². The first kappa shape index (κ1) is 13.3. The number of ether oxygens (including phenoxy) is 1. The van der Waals surface area contributed by atoms with Gasteiger partial charge in [-0.15, -0.1) is 0 Å². The van der Waals surface area contributed by atoms with Crippen LogP contribution in [0.1, 0.15) is 10.4 Å². The van der Waals surface area contributed by atoms with Crippen LogP contribution in [0.5, 0.6) is 0 Å². The molecule has 0 bridgehead atoms. The number of benzene rings is 1. The molecule has 0 radical (unpaired) electrons. The monoisotopic (exact) mass is 267 g/mol. The van der Waals surface area contributed by atoms with Gasteiger partial charge in [-0.1, -0.05) is 0 Å². The zero-order chi connectivity index (χ0) is 14.0. The Morgan fingerprint density at radius 2 is 2.16 bits per heavy atom. The molecule has 1 heterocycles. The van der Waals surface area contributed by atoms with Gasteiger partial charge in [0.05, 0.1) is 18.9 Å². The largest absolute Gasteiger partial charge is 0.396 e. The molecule has 4 N–H and O–H groups in total. The van der Waals surface area contributed by atoms with Gasteiger partial charge in [-0.3, -0.25) is 9.59 Å². The highest BCUT2D eigenvalue weighted by Gasteiger charge is 2.32. The van der Waals surface area contributed by atoms with Crippen LogP contribution in [-0.2, 0) is 9.53 Å². The number of halogens is 1. The molecule has 0 aromatic heterocycles. The van der Waals surface area contributed by atoms with E-state index in [-0.39, 0.29) is 24.4 Å². The molecule has 102 valence electrons. The number of nitrogens with two attached hydrogens (primary N) is 2. The van der Waals surface area contributed by atoms with Crippen molar-refractivity contribution in [3.63, 3.8) is 0 Å². The molecular formula is C12H14FN3O3. The summed E-state index contributed by atoms with van der Waals surface area (Å²) in [7, 11) is 0. The first-order valence-corrected chi connectivity index (χ1v) is 5.73. The molecule has 1 atom stereocenters. The molecule has 2 rings (SSSR count). The lowest BCUT2D eigenvalue weighted by molar-refractivity contribution is -0.127. The standard InChI is InChI=1S/C12H14FN3O3/c13-8-2-1-7(5-9(8)14)12(18)16-3-4-19-6-10(16)11(15)17/h1-2,5,10H,3-4,6,14H2,(H2,15,17). The molecule has 1 aromatic carbocycles. The van der Waals surface area contributed by atoms with Gasteiger partial charge in [0.15, 0.2) is 0 Å². The molecule has 1 fully saturated rings. The van der Waals surface area contributed by atoms with E-state index in [1.807, 2.05) is 0 Å². The summed E-state index contributed by atoms with van der Waals surface area (Å²) in [5.41, 5.74) is 10.7. The average Bonchev–Trinajstić information content (AvgIpc) is 2.41. The number of morpholine rings is 1. The lowest BCUT2D eigenvalue weighted by Crippen LogP contribution is -2.54. The van der Waals surface area contributed by atoms with Crippen molar-refractivity contribution in [1.29, 1.82) is 0 Å². The van der Waals surface area contributed by atoms with Gasteiger partial charge < -0.3 is 21.1 Å². The summed E-state index contributed by atoms with van der Waals surface area (Å²) in [4.78, 5) is 24.9. The predicted octanol–water partition coefficient (Wildman–Crippen LogP) is -0.266. The van der Waals surface area contributed by atoms with Gasteiger partial charge in [-0.05, 0) is 18.2 Å². The van der Waals surface area contributed by atoms with E-state index in [1.54, 1.807) is 0 Å². The summed E-state index contributed by atoms with van der Waals surface area (Å²) < 4.78 is 18.2. The number of hydrogen-bond donors (Lipinski definition) is 2. The zero-order valence-corrected chi connectivity index (χ0v) is 10.1. The minimum absolute atomic E-state index is 0.0672. The van der Waals surface area contributed by atoms with Crippen LogP contribution in [0.15, 0.2) is 18.2 Å². The number of carbonyl (C=O) groups is 2. The maximum absolute atomic E-state index is 13.1. The van der Waals surface area contributed by atoms with Crippen LogP contribution >= 0.6 is 0 Å². The van der Waals surface area contributed by atoms with E-state index >= 15 is 0 Å². The van der Waals surface area contributed by atoms with Gasteiger partial charge in [0.25, 0.3) is 5.91 Å². The Balaban J connectivity index is 2.26. The Hall–Kier alpha value is -2.15. The summed E-state index contributed by atoms with van der Waals surface area (Å²) in [5.74, 6) is -1.65. The highest BCUT2D eigenvalue weighted by molar-refractivity contribution is 5.98. The number of anilines is 1. The Morgan fingerprint density at radius 1 is 1.42 bits per heavy atom. The van der Waals surface area contributed by atoms with Crippen LogP contribution in [0.4, 0.5) is 10.1 Å². The third-order valence-electron chi connectivity index (χ3n) is 2.96. The molecule has 2 amide bonds. The molecule has 0 aliphatic carbocycles. The molecular weight excluding hydrogens is 253 g/mol. The fraction of sp³-hybridized carbons (Fsp3) is 0.333. The number of primary amides is 1. The van der Waals surface area contributed by atoms with E-state index in [0.717, 1.165) is 6.07 Å². The van der Waals surface area contributed by atoms with Crippen LogP contribution < -0.4 is 11.5 Å². The second-order valence-electron chi connectivity index (χ2n) is 4.23. The molecule has 0 saturated carbocycles. The van der Waals surface area contributed by atoms with Crippen molar-refractivity contribution in [3.8, 4) is 0 Å². The predicted molar refractivity (Wildman–Crippen MR) is 65.7 cm³/mol. The first-order chi connectivity index (χ1) is 9.00. The minimum Gasteiger partial charge on any atom is -0.396 e. The first-order valence-electron chi connectivity index (χ1n) is 5.73. The molecule has 1 unspecified atom stereocenters. The number of nitrogens with zero attached hydrogens (tertiary/aromatic N) is 1.